The van der Waals surface area contributed by atoms with Crippen molar-refractivity contribution in [1.82, 2.24) is 5.32 Å². The largest absolute Gasteiger partial charge is 0.483 e. The van der Waals surface area contributed by atoms with Crippen molar-refractivity contribution in [2.45, 2.75) is 18.6 Å². The summed E-state index contributed by atoms with van der Waals surface area (Å²) in [5, 5.41) is 3.42. The summed E-state index contributed by atoms with van der Waals surface area (Å²) in [5.74, 6) is 0.921. The third kappa shape index (κ3) is 4.57. The normalized spacial score (nSPS) is 18.0. The van der Waals surface area contributed by atoms with Gasteiger partial charge in [-0.05, 0) is 22.8 Å². The fourth-order valence-electron chi connectivity index (χ4n) is 3.50. The van der Waals surface area contributed by atoms with Gasteiger partial charge in [-0.1, -0.05) is 78.9 Å². The molecular weight excluding hydrogens is 334 g/mol. The lowest BCUT2D eigenvalue weighted by Crippen LogP contribution is -2.43. The van der Waals surface area contributed by atoms with Gasteiger partial charge >= 0.3 is 0 Å². The predicted molar refractivity (Wildman–Crippen MR) is 108 cm³/mol. The predicted octanol–water partition coefficient (Wildman–Crippen LogP) is 4.39. The van der Waals surface area contributed by atoms with Gasteiger partial charge in [-0.2, -0.15) is 0 Å². The molecule has 3 heteroatoms. The molecule has 3 nitrogen and oxygen atoms in total. The van der Waals surface area contributed by atoms with Gasteiger partial charge in [-0.25, -0.2) is 0 Å². The van der Waals surface area contributed by atoms with E-state index in [-0.39, 0.29) is 12.2 Å². The molecule has 138 valence electrons. The molecule has 3 aromatic rings. The molecule has 0 aliphatic carbocycles. The number of benzene rings is 3. The minimum atomic E-state index is -0.143. The van der Waals surface area contributed by atoms with Gasteiger partial charge in [-0.15, -0.1) is 0 Å². The number of hydrogen-bond donors (Lipinski definition) is 1. The van der Waals surface area contributed by atoms with Crippen molar-refractivity contribution in [3.63, 3.8) is 0 Å². The molecule has 27 heavy (non-hydrogen) atoms. The van der Waals surface area contributed by atoms with E-state index in [0.717, 1.165) is 30.8 Å². The Bertz CT molecular complexity index is 829. The lowest BCUT2D eigenvalue weighted by atomic mass is 10.0. The average molecular weight is 359 g/mol. The van der Waals surface area contributed by atoms with Crippen LogP contribution >= 0.6 is 0 Å². The summed E-state index contributed by atoms with van der Waals surface area (Å²) < 4.78 is 12.6. The Hall–Kier alpha value is -2.62. The Morgan fingerprint density at radius 3 is 2.33 bits per heavy atom. The monoisotopic (exact) mass is 359 g/mol. The average Bonchev–Trinajstić information content (AvgIpc) is 2.75. The molecule has 1 N–H and O–H groups in total. The summed E-state index contributed by atoms with van der Waals surface area (Å²) in [4.78, 5) is 0. The standard InChI is InChI=1S/C24H25NO2/c1-3-9-19(10-4-1)17-21-13-7-8-14-22(21)27-24(20-11-5-2-6-12-20)23-18-25-15-16-26-23/h1-14,23-25H,15-18H2/t23-,24-/m0/s1. The Morgan fingerprint density at radius 2 is 1.59 bits per heavy atom. The highest BCUT2D eigenvalue weighted by Gasteiger charge is 2.28. The van der Waals surface area contributed by atoms with Crippen molar-refractivity contribution in [3.8, 4) is 5.75 Å². The molecule has 2 atom stereocenters. The molecule has 4 rings (SSSR count). The van der Waals surface area contributed by atoms with E-state index in [1.54, 1.807) is 0 Å². The number of nitrogens with one attached hydrogen (secondary N) is 1. The summed E-state index contributed by atoms with van der Waals surface area (Å²) in [6, 6.07) is 29.2. The highest BCUT2D eigenvalue weighted by atomic mass is 16.5. The van der Waals surface area contributed by atoms with Crippen LogP contribution in [0.3, 0.4) is 0 Å². The van der Waals surface area contributed by atoms with Crippen LogP contribution in [0, 0.1) is 0 Å². The van der Waals surface area contributed by atoms with E-state index in [9.17, 15) is 0 Å². The lowest BCUT2D eigenvalue weighted by Gasteiger charge is -2.32. The van der Waals surface area contributed by atoms with Crippen molar-refractivity contribution in [3.05, 3.63) is 102 Å². The summed E-state index contributed by atoms with van der Waals surface area (Å²) in [5.41, 5.74) is 3.61. The topological polar surface area (TPSA) is 30.5 Å². The number of para-hydroxylation sites is 1. The van der Waals surface area contributed by atoms with Crippen LogP contribution in [0.2, 0.25) is 0 Å². The summed E-state index contributed by atoms with van der Waals surface area (Å²) >= 11 is 0. The zero-order valence-electron chi connectivity index (χ0n) is 15.4. The molecule has 0 unspecified atom stereocenters. The van der Waals surface area contributed by atoms with Crippen molar-refractivity contribution >= 4 is 0 Å². The molecule has 0 amide bonds. The lowest BCUT2D eigenvalue weighted by molar-refractivity contribution is -0.0434. The molecule has 1 fully saturated rings. The highest BCUT2D eigenvalue weighted by molar-refractivity contribution is 5.38. The second-order valence-electron chi connectivity index (χ2n) is 6.83. The molecule has 0 radical (unpaired) electrons. The number of ether oxygens (including phenoxy) is 2. The SMILES string of the molecule is c1ccc(Cc2ccccc2O[C@@H](c2ccccc2)[C@@H]2CNCCO2)cc1. The van der Waals surface area contributed by atoms with Gasteiger partial charge in [0.25, 0.3) is 0 Å². The maximum Gasteiger partial charge on any atom is 0.151 e. The molecule has 0 saturated carbocycles. The Labute approximate surface area is 161 Å². The van der Waals surface area contributed by atoms with Gasteiger partial charge in [0, 0.05) is 19.5 Å². The van der Waals surface area contributed by atoms with Gasteiger partial charge < -0.3 is 14.8 Å². The zero-order chi connectivity index (χ0) is 18.3. The molecule has 0 spiro atoms. The van der Waals surface area contributed by atoms with Gasteiger partial charge in [0.15, 0.2) is 6.10 Å². The second-order valence-corrected chi connectivity index (χ2v) is 6.83. The van der Waals surface area contributed by atoms with E-state index in [1.165, 1.54) is 11.1 Å². The third-order valence-electron chi connectivity index (χ3n) is 4.89. The summed E-state index contributed by atoms with van der Waals surface area (Å²) in [6.45, 7) is 2.39. The van der Waals surface area contributed by atoms with E-state index >= 15 is 0 Å². The molecule has 1 saturated heterocycles. The van der Waals surface area contributed by atoms with Gasteiger partial charge in [0.2, 0.25) is 0 Å². The number of morpholine rings is 1. The maximum absolute atomic E-state index is 6.58. The fraction of sp³-hybridized carbons (Fsp3) is 0.250. The van der Waals surface area contributed by atoms with Crippen molar-refractivity contribution in [2.24, 2.45) is 0 Å². The van der Waals surface area contributed by atoms with Crippen LogP contribution < -0.4 is 10.1 Å². The molecule has 0 aromatic heterocycles. The first kappa shape index (κ1) is 17.8. The number of rotatable bonds is 6. The van der Waals surface area contributed by atoms with Crippen molar-refractivity contribution in [2.75, 3.05) is 19.7 Å². The Kier molecular flexibility index (Phi) is 5.83. The number of hydrogen-bond acceptors (Lipinski definition) is 3. The summed E-state index contributed by atoms with van der Waals surface area (Å²) in [6.07, 6.45) is 0.698. The first-order valence-electron chi connectivity index (χ1n) is 9.56. The minimum Gasteiger partial charge on any atom is -0.483 e. The molecule has 1 heterocycles. The van der Waals surface area contributed by atoms with Crippen LogP contribution in [0.4, 0.5) is 0 Å². The van der Waals surface area contributed by atoms with Crippen LogP contribution in [0.25, 0.3) is 0 Å². The van der Waals surface area contributed by atoms with E-state index in [0.29, 0.717) is 6.61 Å². The van der Waals surface area contributed by atoms with Crippen molar-refractivity contribution in [1.29, 1.82) is 0 Å². The van der Waals surface area contributed by atoms with Crippen LogP contribution in [0.1, 0.15) is 22.8 Å². The van der Waals surface area contributed by atoms with E-state index in [4.69, 9.17) is 9.47 Å². The minimum absolute atomic E-state index is 0.00840. The van der Waals surface area contributed by atoms with Crippen molar-refractivity contribution < 1.29 is 9.47 Å². The Balaban J connectivity index is 1.61. The quantitative estimate of drug-likeness (QED) is 0.708. The zero-order valence-corrected chi connectivity index (χ0v) is 15.4. The molecule has 1 aliphatic rings. The van der Waals surface area contributed by atoms with Gasteiger partial charge in [-0.3, -0.25) is 0 Å². The first-order chi connectivity index (χ1) is 13.4. The highest BCUT2D eigenvalue weighted by Crippen LogP contribution is 2.30. The Morgan fingerprint density at radius 1 is 0.889 bits per heavy atom. The second kappa shape index (κ2) is 8.85. The molecule has 0 bridgehead atoms. The third-order valence-corrected chi connectivity index (χ3v) is 4.89. The smallest absolute Gasteiger partial charge is 0.151 e. The van der Waals surface area contributed by atoms with Gasteiger partial charge in [0.1, 0.15) is 11.9 Å². The first-order valence-corrected chi connectivity index (χ1v) is 9.56. The van der Waals surface area contributed by atoms with Gasteiger partial charge in [0.05, 0.1) is 6.61 Å². The van der Waals surface area contributed by atoms with E-state index in [1.807, 2.05) is 18.2 Å². The van der Waals surface area contributed by atoms with Crippen LogP contribution in [-0.2, 0) is 11.2 Å². The van der Waals surface area contributed by atoms with Crippen LogP contribution in [0.5, 0.6) is 5.75 Å². The van der Waals surface area contributed by atoms with E-state index < -0.39 is 0 Å². The molecule has 3 aromatic carbocycles. The fourth-order valence-corrected chi connectivity index (χ4v) is 3.50. The van der Waals surface area contributed by atoms with Crippen LogP contribution in [0.15, 0.2) is 84.9 Å². The van der Waals surface area contributed by atoms with E-state index in [2.05, 4.69) is 72.0 Å². The molecular formula is C24H25NO2. The van der Waals surface area contributed by atoms with Crippen LogP contribution in [-0.4, -0.2) is 25.8 Å². The molecule has 1 aliphatic heterocycles. The maximum atomic E-state index is 6.58. The summed E-state index contributed by atoms with van der Waals surface area (Å²) in [7, 11) is 0.